The summed E-state index contributed by atoms with van der Waals surface area (Å²) in [6.45, 7) is 10.8. The van der Waals surface area contributed by atoms with Crippen LogP contribution in [0.3, 0.4) is 0 Å². The quantitative estimate of drug-likeness (QED) is 0.516. The number of hydrogen-bond donors (Lipinski definition) is 1. The third kappa shape index (κ3) is 2.55. The molecule has 5 fully saturated rings. The lowest BCUT2D eigenvalue weighted by Crippen LogP contribution is -2.52. The number of ether oxygens (including phenoxy) is 2. The van der Waals surface area contributed by atoms with Gasteiger partial charge in [0, 0.05) is 12.3 Å². The molecule has 30 heavy (non-hydrogen) atoms. The fourth-order valence-corrected chi connectivity index (χ4v) is 9.66. The van der Waals surface area contributed by atoms with Crippen molar-refractivity contribution in [3.8, 4) is 0 Å². The van der Waals surface area contributed by atoms with E-state index in [-0.39, 0.29) is 11.9 Å². The van der Waals surface area contributed by atoms with Gasteiger partial charge in [-0.15, -0.1) is 0 Å². The Kier molecular flexibility index (Phi) is 4.44. The second-order valence-corrected chi connectivity index (χ2v) is 12.7. The van der Waals surface area contributed by atoms with Crippen LogP contribution < -0.4 is 0 Å². The van der Waals surface area contributed by atoms with Gasteiger partial charge >= 0.3 is 0 Å². The summed E-state index contributed by atoms with van der Waals surface area (Å²) in [6.07, 6.45) is 13.5. The van der Waals surface area contributed by atoms with E-state index in [9.17, 15) is 5.11 Å². The first kappa shape index (κ1) is 20.2. The second-order valence-electron chi connectivity index (χ2n) is 12.7. The summed E-state index contributed by atoms with van der Waals surface area (Å²) < 4.78 is 13.3. The average molecular weight is 415 g/mol. The summed E-state index contributed by atoms with van der Waals surface area (Å²) in [4.78, 5) is 0. The van der Waals surface area contributed by atoms with Crippen LogP contribution in [0.1, 0.15) is 85.5 Å². The SMILES string of the molecule is C[C@@H]1CC[C@]2(OC1)O[C@@H]1C[C@H]3[C@@H]4CC=C5C[C@@H](O)CC[C@]5(C)[C@H]4CC[C@]3(C)[C@H]1[C@@H]2C. The van der Waals surface area contributed by atoms with Crippen LogP contribution in [0.2, 0.25) is 0 Å². The molecule has 2 heterocycles. The maximum absolute atomic E-state index is 10.3. The largest absolute Gasteiger partial charge is 0.393 e. The summed E-state index contributed by atoms with van der Waals surface area (Å²) >= 11 is 0. The molecule has 0 bridgehead atoms. The molecular weight excluding hydrogens is 372 g/mol. The molecule has 0 unspecified atom stereocenters. The summed E-state index contributed by atoms with van der Waals surface area (Å²) in [6, 6.07) is 0. The van der Waals surface area contributed by atoms with E-state index in [2.05, 4.69) is 33.8 Å². The van der Waals surface area contributed by atoms with Crippen LogP contribution in [0.25, 0.3) is 0 Å². The van der Waals surface area contributed by atoms with Crippen molar-refractivity contribution >= 4 is 0 Å². The lowest BCUT2D eigenvalue weighted by Gasteiger charge is -2.58. The molecule has 0 aromatic carbocycles. The van der Waals surface area contributed by atoms with Crippen LogP contribution in [0, 0.1) is 46.3 Å². The molecule has 0 amide bonds. The van der Waals surface area contributed by atoms with Gasteiger partial charge in [-0.05, 0) is 91.8 Å². The van der Waals surface area contributed by atoms with Crippen LogP contribution in [0.15, 0.2) is 11.6 Å². The van der Waals surface area contributed by atoms with Crippen LogP contribution in [-0.2, 0) is 9.47 Å². The molecule has 1 spiro atoms. The molecule has 0 radical (unpaired) electrons. The van der Waals surface area contributed by atoms with Gasteiger partial charge in [0.05, 0.1) is 18.8 Å². The zero-order chi connectivity index (χ0) is 20.9. The van der Waals surface area contributed by atoms with Crippen molar-refractivity contribution in [1.82, 2.24) is 0 Å². The molecule has 3 nitrogen and oxygen atoms in total. The highest BCUT2D eigenvalue weighted by Gasteiger charge is 2.68. The molecule has 11 atom stereocenters. The Hall–Kier alpha value is -0.380. The molecule has 3 saturated carbocycles. The normalized spacial score (nSPS) is 59.8. The third-order valence-corrected chi connectivity index (χ3v) is 11.3. The fourth-order valence-electron chi connectivity index (χ4n) is 9.66. The highest BCUT2D eigenvalue weighted by Crippen LogP contribution is 2.70. The molecular formula is C27H42O3. The molecule has 1 N–H and O–H groups in total. The number of hydrogen-bond acceptors (Lipinski definition) is 3. The van der Waals surface area contributed by atoms with Crippen LogP contribution in [0.5, 0.6) is 0 Å². The number of aliphatic hydroxyl groups is 1. The first-order chi connectivity index (χ1) is 14.3. The van der Waals surface area contributed by atoms with Gasteiger partial charge in [0.2, 0.25) is 0 Å². The minimum absolute atomic E-state index is 0.107. The zero-order valence-electron chi connectivity index (χ0n) is 19.5. The zero-order valence-corrected chi connectivity index (χ0v) is 19.5. The number of aliphatic hydroxyl groups excluding tert-OH is 1. The number of rotatable bonds is 0. The highest BCUT2D eigenvalue weighted by molar-refractivity contribution is 5.26. The maximum Gasteiger partial charge on any atom is 0.171 e. The number of fused-ring (bicyclic) bond motifs is 7. The predicted molar refractivity (Wildman–Crippen MR) is 118 cm³/mol. The minimum atomic E-state index is -0.294. The van der Waals surface area contributed by atoms with Crippen LogP contribution in [0.4, 0.5) is 0 Å². The molecule has 168 valence electrons. The number of allylic oxidation sites excluding steroid dienone is 1. The van der Waals surface area contributed by atoms with E-state index in [1.807, 2.05) is 0 Å². The summed E-state index contributed by atoms with van der Waals surface area (Å²) in [5, 5.41) is 10.3. The van der Waals surface area contributed by atoms with Crippen molar-refractivity contribution < 1.29 is 14.6 Å². The molecule has 4 aliphatic carbocycles. The van der Waals surface area contributed by atoms with Gasteiger partial charge in [-0.1, -0.05) is 39.3 Å². The lowest BCUT2D eigenvalue weighted by atomic mass is 9.47. The molecule has 6 rings (SSSR count). The maximum atomic E-state index is 10.3. The molecule has 6 aliphatic rings. The predicted octanol–water partition coefficient (Wildman–Crippen LogP) is 5.71. The van der Waals surface area contributed by atoms with Gasteiger partial charge in [-0.3, -0.25) is 0 Å². The molecule has 2 saturated heterocycles. The first-order valence-electron chi connectivity index (χ1n) is 13.0. The monoisotopic (exact) mass is 414 g/mol. The minimum Gasteiger partial charge on any atom is -0.393 e. The van der Waals surface area contributed by atoms with Gasteiger partial charge in [0.1, 0.15) is 0 Å². The van der Waals surface area contributed by atoms with E-state index in [0.29, 0.717) is 34.7 Å². The Labute approximate surface area is 183 Å². The van der Waals surface area contributed by atoms with E-state index >= 15 is 0 Å². The third-order valence-electron chi connectivity index (χ3n) is 11.3. The lowest BCUT2D eigenvalue weighted by molar-refractivity contribution is -0.272. The Morgan fingerprint density at radius 1 is 1.03 bits per heavy atom. The van der Waals surface area contributed by atoms with Crippen molar-refractivity contribution in [2.75, 3.05) is 6.61 Å². The smallest absolute Gasteiger partial charge is 0.171 e. The van der Waals surface area contributed by atoms with Gasteiger partial charge in [0.15, 0.2) is 5.79 Å². The van der Waals surface area contributed by atoms with Gasteiger partial charge < -0.3 is 14.6 Å². The molecule has 0 aromatic heterocycles. The van der Waals surface area contributed by atoms with E-state index in [1.165, 1.54) is 38.5 Å². The van der Waals surface area contributed by atoms with Gasteiger partial charge in [0.25, 0.3) is 0 Å². The van der Waals surface area contributed by atoms with E-state index in [4.69, 9.17) is 9.47 Å². The van der Waals surface area contributed by atoms with Crippen molar-refractivity contribution in [2.45, 2.75) is 103 Å². The molecule has 2 aliphatic heterocycles. The van der Waals surface area contributed by atoms with Crippen molar-refractivity contribution in [3.63, 3.8) is 0 Å². The molecule has 3 heteroatoms. The summed E-state index contributed by atoms with van der Waals surface area (Å²) in [5.41, 5.74) is 2.31. The summed E-state index contributed by atoms with van der Waals surface area (Å²) in [5.74, 6) is 3.94. The average Bonchev–Trinajstić information content (AvgIpc) is 3.16. The van der Waals surface area contributed by atoms with E-state index in [0.717, 1.165) is 43.6 Å². The van der Waals surface area contributed by atoms with Crippen LogP contribution in [-0.4, -0.2) is 29.7 Å². The van der Waals surface area contributed by atoms with E-state index < -0.39 is 0 Å². The Bertz CT molecular complexity index is 736. The Morgan fingerprint density at radius 2 is 1.87 bits per heavy atom. The molecule has 0 aromatic rings. The Morgan fingerprint density at radius 3 is 2.63 bits per heavy atom. The summed E-state index contributed by atoms with van der Waals surface area (Å²) in [7, 11) is 0. The van der Waals surface area contributed by atoms with Crippen molar-refractivity contribution in [2.24, 2.45) is 46.3 Å². The second kappa shape index (κ2) is 6.58. The fraction of sp³-hybridized carbons (Fsp3) is 0.926. The standard InChI is InChI=1S/C27H42O3/c1-16-7-12-27(29-15-16)17(2)24-23(30-27)14-22-20-6-5-18-13-19(28)8-10-25(18,3)21(20)9-11-26(22,24)4/h5,16-17,19-24,28H,6-15H2,1-4H3/t16-,17+,19+,20-,21+,22+,23-,24+,25+,26+,27+/m1/s1. The van der Waals surface area contributed by atoms with Gasteiger partial charge in [-0.2, -0.15) is 0 Å². The van der Waals surface area contributed by atoms with Crippen LogP contribution >= 0.6 is 0 Å². The van der Waals surface area contributed by atoms with E-state index in [1.54, 1.807) is 5.57 Å². The van der Waals surface area contributed by atoms with Gasteiger partial charge in [-0.25, -0.2) is 0 Å². The Balaban J connectivity index is 1.28. The van der Waals surface area contributed by atoms with Crippen molar-refractivity contribution in [1.29, 1.82) is 0 Å². The first-order valence-corrected chi connectivity index (χ1v) is 13.0. The van der Waals surface area contributed by atoms with Crippen molar-refractivity contribution in [3.05, 3.63) is 11.6 Å². The highest BCUT2D eigenvalue weighted by atomic mass is 16.7. The topological polar surface area (TPSA) is 38.7 Å².